The highest BCUT2D eigenvalue weighted by molar-refractivity contribution is 6.45. The number of rotatable bonds is 3. The quantitative estimate of drug-likeness (QED) is 0.827. The van der Waals surface area contributed by atoms with Gasteiger partial charge in [-0.05, 0) is 12.1 Å². The van der Waals surface area contributed by atoms with Gasteiger partial charge in [0.25, 0.3) is 5.90 Å². The average Bonchev–Trinajstić information content (AvgIpc) is 2.49. The van der Waals surface area contributed by atoms with Gasteiger partial charge in [-0.1, -0.05) is 34.0 Å². The maximum atomic E-state index is 12.0. The molecule has 0 atom stereocenters. The van der Waals surface area contributed by atoms with Gasteiger partial charge in [-0.15, -0.1) is 0 Å². The zero-order valence-electron chi connectivity index (χ0n) is 11.0. The maximum absolute atomic E-state index is 12.0. The lowest BCUT2D eigenvalue weighted by atomic mass is 10.0. The van der Waals surface area contributed by atoms with Crippen LogP contribution in [-0.2, 0) is 9.57 Å². The molecule has 0 fully saturated rings. The van der Waals surface area contributed by atoms with Gasteiger partial charge in [-0.25, -0.2) is 0 Å². The molecular weight excluding hydrogens is 265 g/mol. The topological polar surface area (TPSA) is 87.3 Å². The minimum Gasteiger partial charge on any atom is -0.470 e. The van der Waals surface area contributed by atoms with Crippen LogP contribution in [0.25, 0.3) is 0 Å². The predicted octanol–water partition coefficient (Wildman–Crippen LogP) is 1.72. The third-order valence-electron chi connectivity index (χ3n) is 2.19. The number of oxime groups is 1. The standard InChI is InChI=1S/C11H10FN3O2.C2H6O/c12-14-7-8-3-1-2-4-9(8)10(13)11-15-17-6-5-16-11;1-2-3/h1-4,7,13H,5-6H2;3H,2H2,1H3/b13-10?,14-7+;. The molecule has 0 radical (unpaired) electrons. The first-order valence-corrected chi connectivity index (χ1v) is 6.00. The zero-order valence-corrected chi connectivity index (χ0v) is 11.0. The highest BCUT2D eigenvalue weighted by Gasteiger charge is 2.17. The smallest absolute Gasteiger partial charge is 0.276 e. The highest BCUT2D eigenvalue weighted by Crippen LogP contribution is 2.10. The van der Waals surface area contributed by atoms with Crippen molar-refractivity contribution in [3.8, 4) is 0 Å². The summed E-state index contributed by atoms with van der Waals surface area (Å²) in [6, 6.07) is 6.79. The van der Waals surface area contributed by atoms with E-state index < -0.39 is 0 Å². The first kappa shape index (κ1) is 15.8. The molecule has 1 aromatic rings. The number of hydrogen-bond acceptors (Lipinski definition) is 6. The molecular formula is C13H16FN3O3. The Kier molecular flexibility index (Phi) is 6.91. The summed E-state index contributed by atoms with van der Waals surface area (Å²) in [6.45, 7) is 2.64. The Balaban J connectivity index is 0.000000612. The summed E-state index contributed by atoms with van der Waals surface area (Å²) in [7, 11) is 0. The van der Waals surface area contributed by atoms with Crippen LogP contribution in [0.2, 0.25) is 0 Å². The molecule has 0 aromatic heterocycles. The Labute approximate surface area is 116 Å². The Morgan fingerprint density at radius 2 is 2.20 bits per heavy atom. The number of nitrogens with zero attached hydrogens (tertiary/aromatic N) is 2. The molecule has 2 N–H and O–H groups in total. The molecule has 1 heterocycles. The van der Waals surface area contributed by atoms with Crippen molar-refractivity contribution in [1.29, 1.82) is 5.41 Å². The van der Waals surface area contributed by atoms with E-state index in [1.54, 1.807) is 31.2 Å². The molecule has 1 aromatic carbocycles. The molecule has 108 valence electrons. The normalized spacial score (nSPS) is 13.7. The lowest BCUT2D eigenvalue weighted by molar-refractivity contribution is 0.0676. The van der Waals surface area contributed by atoms with Crippen LogP contribution in [0, 0.1) is 5.41 Å². The van der Waals surface area contributed by atoms with Gasteiger partial charge in [0.05, 0.1) is 6.21 Å². The van der Waals surface area contributed by atoms with Gasteiger partial charge in [-0.3, -0.25) is 5.41 Å². The van der Waals surface area contributed by atoms with Crippen LogP contribution in [0.1, 0.15) is 18.1 Å². The Morgan fingerprint density at radius 3 is 2.80 bits per heavy atom. The minimum absolute atomic E-state index is 0.0419. The van der Waals surface area contributed by atoms with Crippen molar-refractivity contribution < 1.29 is 19.2 Å². The first-order chi connectivity index (χ1) is 9.74. The van der Waals surface area contributed by atoms with E-state index in [1.807, 2.05) is 0 Å². The van der Waals surface area contributed by atoms with Crippen molar-refractivity contribution in [2.75, 3.05) is 19.8 Å². The van der Waals surface area contributed by atoms with Crippen LogP contribution in [-0.4, -0.2) is 42.8 Å². The highest BCUT2D eigenvalue weighted by atomic mass is 19.2. The van der Waals surface area contributed by atoms with Crippen molar-refractivity contribution in [3.63, 3.8) is 0 Å². The van der Waals surface area contributed by atoms with Crippen LogP contribution in [0.5, 0.6) is 0 Å². The number of hydrogen-bond donors (Lipinski definition) is 2. The van der Waals surface area contributed by atoms with Gasteiger partial charge in [0, 0.05) is 17.7 Å². The second kappa shape index (κ2) is 8.76. The summed E-state index contributed by atoms with van der Waals surface area (Å²) >= 11 is 0. The van der Waals surface area contributed by atoms with Crippen LogP contribution in [0.15, 0.2) is 34.6 Å². The zero-order chi connectivity index (χ0) is 14.8. The molecule has 6 nitrogen and oxygen atoms in total. The Hall–Kier alpha value is -2.28. The second-order valence-electron chi connectivity index (χ2n) is 3.58. The lowest BCUT2D eigenvalue weighted by Gasteiger charge is -2.14. The summed E-state index contributed by atoms with van der Waals surface area (Å²) in [5, 5.41) is 21.6. The number of nitrogens with one attached hydrogen (secondary N) is 1. The van der Waals surface area contributed by atoms with Crippen LogP contribution < -0.4 is 0 Å². The SMILES string of the molecule is CCO.N=C(C1=NOCCO1)c1ccccc1/C=N/F. The average molecular weight is 281 g/mol. The van der Waals surface area contributed by atoms with Crippen LogP contribution >= 0.6 is 0 Å². The Bertz CT molecular complexity index is 503. The third-order valence-corrected chi connectivity index (χ3v) is 2.19. The third kappa shape index (κ3) is 4.43. The van der Waals surface area contributed by atoms with Gasteiger partial charge in [-0.2, -0.15) is 0 Å². The molecule has 20 heavy (non-hydrogen) atoms. The summed E-state index contributed by atoms with van der Waals surface area (Å²) in [5.74, 6) is 0.0935. The molecule has 1 aliphatic rings. The molecule has 7 heteroatoms. The second-order valence-corrected chi connectivity index (χ2v) is 3.58. The molecule has 1 aliphatic heterocycles. The van der Waals surface area contributed by atoms with Crippen molar-refractivity contribution in [1.82, 2.24) is 0 Å². The maximum Gasteiger partial charge on any atom is 0.276 e. The van der Waals surface area contributed by atoms with Crippen LogP contribution in [0.4, 0.5) is 4.48 Å². The summed E-state index contributed by atoms with van der Waals surface area (Å²) in [5.41, 5.74) is 1.01. The van der Waals surface area contributed by atoms with Gasteiger partial charge in [0.1, 0.15) is 12.3 Å². The van der Waals surface area contributed by atoms with E-state index in [9.17, 15) is 4.48 Å². The fraction of sp³-hybridized carbons (Fsp3) is 0.308. The van der Waals surface area contributed by atoms with E-state index >= 15 is 0 Å². The van der Waals surface area contributed by atoms with E-state index in [4.69, 9.17) is 20.1 Å². The molecule has 2 rings (SSSR count). The van der Waals surface area contributed by atoms with E-state index in [2.05, 4.69) is 10.4 Å². The molecule has 0 saturated heterocycles. The molecule has 0 amide bonds. The van der Waals surface area contributed by atoms with E-state index in [0.29, 0.717) is 24.3 Å². The number of ether oxygens (including phenoxy) is 1. The number of benzene rings is 1. The molecule has 0 spiro atoms. The summed E-state index contributed by atoms with van der Waals surface area (Å²) in [6.07, 6.45) is 1.04. The fourth-order valence-corrected chi connectivity index (χ4v) is 1.43. The fourth-order valence-electron chi connectivity index (χ4n) is 1.43. The summed E-state index contributed by atoms with van der Waals surface area (Å²) in [4.78, 5) is 4.84. The van der Waals surface area contributed by atoms with Crippen molar-refractivity contribution in [2.24, 2.45) is 10.4 Å². The number of aliphatic hydroxyl groups is 1. The monoisotopic (exact) mass is 281 g/mol. The van der Waals surface area contributed by atoms with E-state index in [0.717, 1.165) is 6.21 Å². The minimum atomic E-state index is 0.0419. The Morgan fingerprint density at radius 1 is 1.50 bits per heavy atom. The van der Waals surface area contributed by atoms with E-state index in [-0.39, 0.29) is 18.2 Å². The first-order valence-electron chi connectivity index (χ1n) is 6.00. The van der Waals surface area contributed by atoms with Gasteiger partial charge in [0.15, 0.2) is 6.61 Å². The lowest BCUT2D eigenvalue weighted by Crippen LogP contribution is -2.25. The van der Waals surface area contributed by atoms with Crippen molar-refractivity contribution in [2.45, 2.75) is 6.92 Å². The van der Waals surface area contributed by atoms with Crippen LogP contribution in [0.3, 0.4) is 0 Å². The number of halogens is 1. The molecule has 0 bridgehead atoms. The summed E-state index contributed by atoms with van der Waals surface area (Å²) < 4.78 is 17.2. The predicted molar refractivity (Wildman–Crippen MR) is 74.1 cm³/mol. The van der Waals surface area contributed by atoms with Crippen molar-refractivity contribution >= 4 is 17.8 Å². The molecule has 0 saturated carbocycles. The largest absolute Gasteiger partial charge is 0.470 e. The molecule has 0 unspecified atom stereocenters. The van der Waals surface area contributed by atoms with Gasteiger partial charge < -0.3 is 14.7 Å². The molecule has 0 aliphatic carbocycles. The van der Waals surface area contributed by atoms with Gasteiger partial charge >= 0.3 is 0 Å². The number of aliphatic hydroxyl groups excluding tert-OH is 1. The van der Waals surface area contributed by atoms with E-state index in [1.165, 1.54) is 0 Å². The van der Waals surface area contributed by atoms with Gasteiger partial charge in [0.2, 0.25) is 0 Å². The van der Waals surface area contributed by atoms with Crippen molar-refractivity contribution in [3.05, 3.63) is 35.4 Å².